The molecule has 6 nitrogen and oxygen atoms in total. The van der Waals surface area contributed by atoms with Crippen LogP contribution in [-0.4, -0.2) is 52.2 Å². The average molecular weight is 253 g/mol. The van der Waals surface area contributed by atoms with Gasteiger partial charge in [-0.3, -0.25) is 9.89 Å². The summed E-state index contributed by atoms with van der Waals surface area (Å²) in [5.74, 6) is 0.735. The van der Waals surface area contributed by atoms with E-state index in [4.69, 9.17) is 0 Å². The summed E-state index contributed by atoms with van der Waals surface area (Å²) in [5, 5.41) is 9.43. The number of carbonyl (C=O) groups excluding carboxylic acids is 1. The van der Waals surface area contributed by atoms with E-state index >= 15 is 0 Å². The summed E-state index contributed by atoms with van der Waals surface area (Å²) < 4.78 is 0. The maximum atomic E-state index is 11.7. The minimum Gasteiger partial charge on any atom is -0.348 e. The van der Waals surface area contributed by atoms with Crippen molar-refractivity contribution in [2.24, 2.45) is 0 Å². The van der Waals surface area contributed by atoms with E-state index in [-0.39, 0.29) is 11.7 Å². The van der Waals surface area contributed by atoms with E-state index in [0.717, 1.165) is 25.2 Å². The lowest BCUT2D eigenvalue weighted by Crippen LogP contribution is -2.37. The smallest absolute Gasteiger partial charge is 0.291 e. The molecule has 1 atom stereocenters. The molecule has 6 heteroatoms. The molecule has 1 heterocycles. The third kappa shape index (κ3) is 4.10. The minimum atomic E-state index is -0.219. The quantitative estimate of drug-likeness (QED) is 0.754. The molecule has 102 valence electrons. The van der Waals surface area contributed by atoms with E-state index in [1.54, 1.807) is 0 Å². The molecule has 0 saturated heterocycles. The Morgan fingerprint density at radius 1 is 1.50 bits per heavy atom. The molecule has 2 N–H and O–H groups in total. The van der Waals surface area contributed by atoms with Crippen molar-refractivity contribution in [3.05, 3.63) is 11.6 Å². The summed E-state index contributed by atoms with van der Waals surface area (Å²) in [4.78, 5) is 18.0. The van der Waals surface area contributed by atoms with E-state index in [2.05, 4.69) is 46.3 Å². The summed E-state index contributed by atoms with van der Waals surface area (Å²) in [5.41, 5.74) is 0. The van der Waals surface area contributed by atoms with Crippen molar-refractivity contribution in [2.45, 2.75) is 39.7 Å². The molecule has 1 unspecified atom stereocenters. The van der Waals surface area contributed by atoms with Crippen molar-refractivity contribution in [1.29, 1.82) is 0 Å². The van der Waals surface area contributed by atoms with Crippen LogP contribution < -0.4 is 5.32 Å². The molecule has 0 aliphatic carbocycles. The summed E-state index contributed by atoms with van der Waals surface area (Å²) in [6.45, 7) is 7.72. The molecule has 1 aromatic heterocycles. The number of H-pyrrole nitrogens is 1. The molecular formula is C12H23N5O. The van der Waals surface area contributed by atoms with E-state index < -0.39 is 0 Å². The number of aromatic nitrogens is 3. The van der Waals surface area contributed by atoms with Gasteiger partial charge in [0, 0.05) is 25.6 Å². The monoisotopic (exact) mass is 253 g/mol. The zero-order valence-corrected chi connectivity index (χ0v) is 11.7. The Hall–Kier alpha value is -1.43. The lowest BCUT2D eigenvalue weighted by atomic mass is 10.2. The zero-order chi connectivity index (χ0) is 13.5. The van der Waals surface area contributed by atoms with Crippen LogP contribution in [0.1, 0.15) is 43.6 Å². The van der Waals surface area contributed by atoms with Crippen LogP contribution in [-0.2, 0) is 6.42 Å². The fourth-order valence-electron chi connectivity index (χ4n) is 1.51. The zero-order valence-electron chi connectivity index (χ0n) is 11.7. The third-order valence-electron chi connectivity index (χ3n) is 3.16. The predicted octanol–water partition coefficient (Wildman–Crippen LogP) is 0.827. The number of rotatable bonds is 7. The van der Waals surface area contributed by atoms with Gasteiger partial charge in [0.1, 0.15) is 5.82 Å². The maximum Gasteiger partial charge on any atom is 0.291 e. The highest BCUT2D eigenvalue weighted by Gasteiger charge is 2.12. The summed E-state index contributed by atoms with van der Waals surface area (Å²) in [6, 6.07) is 0.525. The summed E-state index contributed by atoms with van der Waals surface area (Å²) >= 11 is 0. The number of hydrogen-bond acceptors (Lipinski definition) is 4. The molecule has 1 aromatic rings. The second kappa shape index (κ2) is 7.10. The van der Waals surface area contributed by atoms with Crippen LogP contribution in [0.5, 0.6) is 0 Å². The van der Waals surface area contributed by atoms with Crippen LogP contribution >= 0.6 is 0 Å². The number of hydrogen-bond donors (Lipinski definition) is 2. The second-order valence-electron chi connectivity index (χ2n) is 4.45. The molecule has 0 saturated carbocycles. The van der Waals surface area contributed by atoms with Gasteiger partial charge in [0.15, 0.2) is 0 Å². The molecule has 1 rings (SSSR count). The van der Waals surface area contributed by atoms with Gasteiger partial charge in [-0.15, -0.1) is 5.10 Å². The summed E-state index contributed by atoms with van der Waals surface area (Å²) in [7, 11) is 2.06. The van der Waals surface area contributed by atoms with E-state index in [1.165, 1.54) is 0 Å². The Kier molecular flexibility index (Phi) is 5.77. The fourth-order valence-corrected chi connectivity index (χ4v) is 1.51. The Labute approximate surface area is 108 Å². The maximum absolute atomic E-state index is 11.7. The Balaban J connectivity index is 2.33. The van der Waals surface area contributed by atoms with E-state index in [0.29, 0.717) is 12.6 Å². The Bertz CT molecular complexity index is 376. The molecule has 0 radical (unpaired) electrons. The predicted molar refractivity (Wildman–Crippen MR) is 70.5 cm³/mol. The molecule has 0 aromatic carbocycles. The third-order valence-corrected chi connectivity index (χ3v) is 3.16. The highest BCUT2D eigenvalue weighted by Crippen LogP contribution is 1.98. The molecular weight excluding hydrogens is 230 g/mol. The average Bonchev–Trinajstić information content (AvgIpc) is 2.86. The lowest BCUT2D eigenvalue weighted by Gasteiger charge is -2.23. The minimum absolute atomic E-state index is 0.219. The van der Waals surface area contributed by atoms with Crippen LogP contribution in [0, 0.1) is 0 Å². The van der Waals surface area contributed by atoms with Crippen molar-refractivity contribution in [3.8, 4) is 0 Å². The fraction of sp³-hybridized carbons (Fsp3) is 0.750. The normalized spacial score (nSPS) is 12.7. The van der Waals surface area contributed by atoms with Crippen LogP contribution in [0.4, 0.5) is 0 Å². The molecule has 1 amide bonds. The van der Waals surface area contributed by atoms with Crippen LogP contribution in [0.25, 0.3) is 0 Å². The lowest BCUT2D eigenvalue weighted by molar-refractivity contribution is 0.0937. The first kappa shape index (κ1) is 14.6. The van der Waals surface area contributed by atoms with Crippen molar-refractivity contribution in [3.63, 3.8) is 0 Å². The van der Waals surface area contributed by atoms with Gasteiger partial charge in [-0.1, -0.05) is 13.8 Å². The first-order valence-corrected chi connectivity index (χ1v) is 6.48. The largest absolute Gasteiger partial charge is 0.348 e. The van der Waals surface area contributed by atoms with E-state index in [9.17, 15) is 4.79 Å². The van der Waals surface area contributed by atoms with Crippen LogP contribution in [0.15, 0.2) is 0 Å². The first-order chi connectivity index (χ1) is 8.58. The van der Waals surface area contributed by atoms with Gasteiger partial charge in [-0.05, 0) is 20.4 Å². The van der Waals surface area contributed by atoms with Crippen LogP contribution in [0.2, 0.25) is 0 Å². The number of nitrogens with zero attached hydrogens (tertiary/aromatic N) is 3. The van der Waals surface area contributed by atoms with Gasteiger partial charge in [0.2, 0.25) is 5.82 Å². The van der Waals surface area contributed by atoms with Gasteiger partial charge in [0.25, 0.3) is 5.91 Å². The van der Waals surface area contributed by atoms with Crippen molar-refractivity contribution in [1.82, 2.24) is 25.4 Å². The van der Waals surface area contributed by atoms with E-state index in [1.807, 2.05) is 6.92 Å². The molecule has 0 spiro atoms. The van der Waals surface area contributed by atoms with Crippen LogP contribution in [0.3, 0.4) is 0 Å². The van der Waals surface area contributed by atoms with Gasteiger partial charge in [-0.25, -0.2) is 4.98 Å². The van der Waals surface area contributed by atoms with Gasteiger partial charge in [0.05, 0.1) is 0 Å². The standard InChI is InChI=1S/C12H23N5O/c1-5-9(3)17(4)8-7-13-12(18)11-14-10(6-2)15-16-11/h9H,5-8H2,1-4H3,(H,13,18)(H,14,15,16). The number of carbonyl (C=O) groups is 1. The topological polar surface area (TPSA) is 73.9 Å². The highest BCUT2D eigenvalue weighted by molar-refractivity contribution is 5.90. The van der Waals surface area contributed by atoms with Crippen molar-refractivity contribution >= 4 is 5.91 Å². The van der Waals surface area contributed by atoms with Crippen molar-refractivity contribution in [2.75, 3.05) is 20.1 Å². The summed E-state index contributed by atoms with van der Waals surface area (Å²) in [6.07, 6.45) is 1.85. The second-order valence-corrected chi connectivity index (χ2v) is 4.45. The highest BCUT2D eigenvalue weighted by atomic mass is 16.2. The molecule has 0 fully saturated rings. The Morgan fingerprint density at radius 2 is 2.22 bits per heavy atom. The number of aryl methyl sites for hydroxylation is 1. The number of aromatic amines is 1. The van der Waals surface area contributed by atoms with Gasteiger partial charge >= 0.3 is 0 Å². The van der Waals surface area contributed by atoms with Crippen molar-refractivity contribution < 1.29 is 4.79 Å². The van der Waals surface area contributed by atoms with Gasteiger partial charge < -0.3 is 10.2 Å². The molecule has 18 heavy (non-hydrogen) atoms. The SMILES string of the molecule is CCc1nc(C(=O)NCCN(C)C(C)CC)n[nH]1. The van der Waals surface area contributed by atoms with Gasteiger partial charge in [-0.2, -0.15) is 0 Å². The number of likely N-dealkylation sites (N-methyl/N-ethyl adjacent to an activating group) is 1. The first-order valence-electron chi connectivity index (χ1n) is 6.48. The molecule has 0 aliphatic heterocycles. The number of amides is 1. The Morgan fingerprint density at radius 3 is 2.78 bits per heavy atom. The molecule has 0 aliphatic rings. The molecule has 0 bridgehead atoms. The number of nitrogens with one attached hydrogen (secondary N) is 2.